The molecule has 0 aliphatic rings. The third-order valence-corrected chi connectivity index (χ3v) is 2.26. The molecule has 1 aromatic carbocycles. The molecule has 1 unspecified atom stereocenters. The molecule has 5 nitrogen and oxygen atoms in total. The summed E-state index contributed by atoms with van der Waals surface area (Å²) in [5.41, 5.74) is 0.747. The van der Waals surface area contributed by atoms with Gasteiger partial charge in [-0.3, -0.25) is 0 Å². The first-order chi connectivity index (χ1) is 8.67. The summed E-state index contributed by atoms with van der Waals surface area (Å²) in [6.45, 7) is 4.03. The molecule has 0 bridgehead atoms. The van der Waals surface area contributed by atoms with E-state index >= 15 is 0 Å². The van der Waals surface area contributed by atoms with Gasteiger partial charge in [0.05, 0.1) is 12.0 Å². The Balaban J connectivity index is 2.66. The normalized spacial score (nSPS) is 11.1. The molecular formula is C13H14N2O3. The number of nitriles is 1. The second-order valence-corrected chi connectivity index (χ2v) is 3.54. The number of ether oxygens (including phenoxy) is 1. The predicted octanol–water partition coefficient (Wildman–Crippen LogP) is 2.13. The van der Waals surface area contributed by atoms with Gasteiger partial charge in [-0.05, 0) is 17.7 Å². The molecule has 94 valence electrons. The highest BCUT2D eigenvalue weighted by atomic mass is 16.5. The first-order valence-corrected chi connectivity index (χ1v) is 5.37. The molecule has 1 amide bonds. The smallest absolute Gasteiger partial charge is 0.404 e. The van der Waals surface area contributed by atoms with E-state index in [1.807, 2.05) is 0 Å². The number of carbonyl (C=O) groups is 1. The third kappa shape index (κ3) is 4.18. The highest BCUT2D eigenvalue weighted by Crippen LogP contribution is 2.18. The van der Waals surface area contributed by atoms with Gasteiger partial charge in [0.25, 0.3) is 0 Å². The zero-order valence-electron chi connectivity index (χ0n) is 9.80. The maximum Gasteiger partial charge on any atom is 0.404 e. The van der Waals surface area contributed by atoms with Crippen LogP contribution in [0.2, 0.25) is 0 Å². The number of carboxylic acid groups (broad SMARTS) is 1. The van der Waals surface area contributed by atoms with Gasteiger partial charge in [0.2, 0.25) is 0 Å². The van der Waals surface area contributed by atoms with Crippen LogP contribution in [0.4, 0.5) is 4.79 Å². The second kappa shape index (κ2) is 6.97. The molecule has 0 spiro atoms. The zero-order chi connectivity index (χ0) is 13.4. The Labute approximate surface area is 105 Å². The van der Waals surface area contributed by atoms with E-state index in [1.165, 1.54) is 0 Å². The van der Waals surface area contributed by atoms with Crippen LogP contribution in [0.5, 0.6) is 5.75 Å². The fourth-order valence-corrected chi connectivity index (χ4v) is 1.38. The molecule has 1 atom stereocenters. The average Bonchev–Trinajstić information content (AvgIpc) is 2.38. The number of hydrogen-bond donors (Lipinski definition) is 2. The van der Waals surface area contributed by atoms with Gasteiger partial charge in [-0.15, -0.1) is 0 Å². The Bertz CT molecular complexity index is 448. The van der Waals surface area contributed by atoms with Crippen molar-refractivity contribution in [2.24, 2.45) is 0 Å². The van der Waals surface area contributed by atoms with Crippen LogP contribution in [0.15, 0.2) is 36.9 Å². The molecular weight excluding hydrogens is 232 g/mol. The molecule has 0 saturated heterocycles. The molecule has 0 radical (unpaired) electrons. The molecule has 0 aromatic heterocycles. The van der Waals surface area contributed by atoms with Gasteiger partial charge in [-0.1, -0.05) is 24.8 Å². The standard InChI is InChI=1S/C13H14N2O3/c1-2-7-18-12-5-3-10(4-6-12)11(8-14)9-15-13(16)17/h2-6,11,15H,1,7,9H2,(H,16,17). The SMILES string of the molecule is C=CCOc1ccc(C(C#N)CNC(=O)O)cc1. The molecule has 0 aliphatic heterocycles. The van der Waals surface area contributed by atoms with Gasteiger partial charge in [-0.2, -0.15) is 5.26 Å². The minimum absolute atomic E-state index is 0.0681. The van der Waals surface area contributed by atoms with Crippen molar-refractivity contribution in [2.75, 3.05) is 13.2 Å². The van der Waals surface area contributed by atoms with Crippen LogP contribution in [-0.2, 0) is 0 Å². The predicted molar refractivity (Wildman–Crippen MR) is 66.5 cm³/mol. The van der Waals surface area contributed by atoms with Gasteiger partial charge in [0.1, 0.15) is 12.4 Å². The fraction of sp³-hybridized carbons (Fsp3) is 0.231. The molecule has 0 aliphatic carbocycles. The van der Waals surface area contributed by atoms with Crippen molar-refractivity contribution >= 4 is 6.09 Å². The van der Waals surface area contributed by atoms with Crippen LogP contribution in [0.3, 0.4) is 0 Å². The second-order valence-electron chi connectivity index (χ2n) is 3.54. The summed E-state index contributed by atoms with van der Waals surface area (Å²) in [5.74, 6) is 0.177. The number of rotatable bonds is 6. The number of amides is 1. The van der Waals surface area contributed by atoms with Crippen LogP contribution in [0.25, 0.3) is 0 Å². The summed E-state index contributed by atoms with van der Waals surface area (Å²) in [4.78, 5) is 10.4. The van der Waals surface area contributed by atoms with E-state index < -0.39 is 12.0 Å². The van der Waals surface area contributed by atoms with E-state index in [1.54, 1.807) is 30.3 Å². The van der Waals surface area contributed by atoms with E-state index in [0.29, 0.717) is 12.4 Å². The van der Waals surface area contributed by atoms with Crippen molar-refractivity contribution in [3.05, 3.63) is 42.5 Å². The van der Waals surface area contributed by atoms with Crippen LogP contribution in [0.1, 0.15) is 11.5 Å². The summed E-state index contributed by atoms with van der Waals surface area (Å²) < 4.78 is 5.31. The lowest BCUT2D eigenvalue weighted by Crippen LogP contribution is -2.26. The molecule has 0 saturated carbocycles. The molecule has 0 heterocycles. The van der Waals surface area contributed by atoms with Crippen LogP contribution in [0, 0.1) is 11.3 Å². The molecule has 18 heavy (non-hydrogen) atoms. The number of hydrogen-bond acceptors (Lipinski definition) is 3. The van der Waals surface area contributed by atoms with E-state index in [4.69, 9.17) is 15.1 Å². The number of nitrogens with one attached hydrogen (secondary N) is 1. The third-order valence-electron chi connectivity index (χ3n) is 2.26. The molecule has 1 aromatic rings. The van der Waals surface area contributed by atoms with Gasteiger partial charge < -0.3 is 15.2 Å². The van der Waals surface area contributed by atoms with E-state index in [-0.39, 0.29) is 6.54 Å². The minimum Gasteiger partial charge on any atom is -0.490 e. The largest absolute Gasteiger partial charge is 0.490 e. The lowest BCUT2D eigenvalue weighted by molar-refractivity contribution is 0.194. The summed E-state index contributed by atoms with van der Waals surface area (Å²) in [5, 5.41) is 19.7. The first-order valence-electron chi connectivity index (χ1n) is 5.37. The van der Waals surface area contributed by atoms with Gasteiger partial charge in [0, 0.05) is 6.54 Å². The Kier molecular flexibility index (Phi) is 5.26. The summed E-state index contributed by atoms with van der Waals surface area (Å²) in [7, 11) is 0. The maximum atomic E-state index is 10.4. The van der Waals surface area contributed by atoms with E-state index in [2.05, 4.69) is 18.0 Å². The van der Waals surface area contributed by atoms with Crippen molar-refractivity contribution < 1.29 is 14.6 Å². The molecule has 1 rings (SSSR count). The maximum absolute atomic E-state index is 10.4. The van der Waals surface area contributed by atoms with Crippen molar-refractivity contribution in [3.63, 3.8) is 0 Å². The lowest BCUT2D eigenvalue weighted by Gasteiger charge is -2.10. The molecule has 2 N–H and O–H groups in total. The Morgan fingerprint density at radius 1 is 1.56 bits per heavy atom. The average molecular weight is 246 g/mol. The van der Waals surface area contributed by atoms with Crippen molar-refractivity contribution in [2.45, 2.75) is 5.92 Å². The van der Waals surface area contributed by atoms with Gasteiger partial charge >= 0.3 is 6.09 Å². The number of nitrogens with zero attached hydrogens (tertiary/aromatic N) is 1. The Morgan fingerprint density at radius 2 is 2.22 bits per heavy atom. The molecule has 5 heteroatoms. The quantitative estimate of drug-likeness (QED) is 0.753. The van der Waals surface area contributed by atoms with E-state index in [9.17, 15) is 4.79 Å². The van der Waals surface area contributed by atoms with Crippen LogP contribution in [-0.4, -0.2) is 24.4 Å². The minimum atomic E-state index is -1.14. The summed E-state index contributed by atoms with van der Waals surface area (Å²) in [6, 6.07) is 9.03. The van der Waals surface area contributed by atoms with Crippen molar-refractivity contribution in [3.8, 4) is 11.8 Å². The number of benzene rings is 1. The first kappa shape index (κ1) is 13.6. The van der Waals surface area contributed by atoms with Crippen molar-refractivity contribution in [1.29, 1.82) is 5.26 Å². The molecule has 0 fully saturated rings. The monoisotopic (exact) mass is 246 g/mol. The highest BCUT2D eigenvalue weighted by molar-refractivity contribution is 5.64. The van der Waals surface area contributed by atoms with Crippen LogP contribution < -0.4 is 10.1 Å². The summed E-state index contributed by atoms with van der Waals surface area (Å²) in [6.07, 6.45) is 0.504. The van der Waals surface area contributed by atoms with Crippen LogP contribution >= 0.6 is 0 Å². The van der Waals surface area contributed by atoms with E-state index in [0.717, 1.165) is 5.56 Å². The lowest BCUT2D eigenvalue weighted by atomic mass is 10.0. The zero-order valence-corrected chi connectivity index (χ0v) is 9.80. The van der Waals surface area contributed by atoms with Gasteiger partial charge in [0.15, 0.2) is 0 Å². The van der Waals surface area contributed by atoms with Crippen molar-refractivity contribution in [1.82, 2.24) is 5.32 Å². The highest BCUT2D eigenvalue weighted by Gasteiger charge is 2.11. The summed E-state index contributed by atoms with van der Waals surface area (Å²) >= 11 is 0. The van der Waals surface area contributed by atoms with Gasteiger partial charge in [-0.25, -0.2) is 4.79 Å². The Morgan fingerprint density at radius 3 is 2.72 bits per heavy atom. The fourth-order valence-electron chi connectivity index (χ4n) is 1.38. The Hall–Kier alpha value is -2.48. The topological polar surface area (TPSA) is 82.3 Å².